The quantitative estimate of drug-likeness (QED) is 0.619. The molecular weight excluding hydrogens is 284 g/mol. The van der Waals surface area contributed by atoms with Crippen molar-refractivity contribution in [3.8, 4) is 12.3 Å². The van der Waals surface area contributed by atoms with Crippen molar-refractivity contribution < 1.29 is 8.42 Å². The second-order valence-electron chi connectivity index (χ2n) is 5.19. The van der Waals surface area contributed by atoms with Crippen LogP contribution in [0, 0.1) is 26.2 Å². The molecule has 0 heterocycles. The summed E-state index contributed by atoms with van der Waals surface area (Å²) in [6, 6.07) is 3.68. The zero-order chi connectivity index (χ0) is 16.0. The lowest BCUT2D eigenvalue weighted by Gasteiger charge is -2.18. The van der Waals surface area contributed by atoms with Crippen LogP contribution < -0.4 is 5.32 Å². The van der Waals surface area contributed by atoms with E-state index in [4.69, 9.17) is 6.42 Å². The van der Waals surface area contributed by atoms with Crippen molar-refractivity contribution in [2.24, 2.45) is 0 Å². The van der Waals surface area contributed by atoms with E-state index in [-0.39, 0.29) is 6.54 Å². The molecule has 0 saturated carbocycles. The second kappa shape index (κ2) is 7.60. The molecule has 0 fully saturated rings. The zero-order valence-corrected chi connectivity index (χ0v) is 14.0. The first-order valence-electron chi connectivity index (χ1n) is 7.05. The molecule has 5 heteroatoms. The zero-order valence-electron chi connectivity index (χ0n) is 13.2. The number of hydrogen-bond acceptors (Lipinski definition) is 3. The molecule has 0 unspecified atom stereocenters. The molecule has 0 aliphatic rings. The van der Waals surface area contributed by atoms with Gasteiger partial charge in [0.05, 0.1) is 11.4 Å². The Bertz CT molecular complexity index is 630. The van der Waals surface area contributed by atoms with Gasteiger partial charge < -0.3 is 5.32 Å². The molecule has 0 aliphatic heterocycles. The molecule has 116 valence electrons. The van der Waals surface area contributed by atoms with Gasteiger partial charge in [-0.3, -0.25) is 0 Å². The first kappa shape index (κ1) is 17.7. The fraction of sp³-hybridized carbons (Fsp3) is 0.500. The molecule has 0 atom stereocenters. The molecule has 4 nitrogen and oxygen atoms in total. The highest BCUT2D eigenvalue weighted by atomic mass is 32.2. The van der Waals surface area contributed by atoms with Crippen molar-refractivity contribution in [3.05, 3.63) is 28.8 Å². The van der Waals surface area contributed by atoms with Gasteiger partial charge in [-0.1, -0.05) is 18.9 Å². The van der Waals surface area contributed by atoms with Crippen molar-refractivity contribution in [2.75, 3.05) is 20.1 Å². The Morgan fingerprint density at radius 3 is 2.52 bits per heavy atom. The molecule has 21 heavy (non-hydrogen) atoms. The first-order valence-corrected chi connectivity index (χ1v) is 8.49. The standard InChI is InChI=1S/C16H24N2O2S/c1-6-8-17-12-15-11-16(14(4)10-13(15)3)21(19,20)18(5)9-7-2/h2,10-11,17H,6,8-9,12H2,1,3-5H3. The average molecular weight is 308 g/mol. The lowest BCUT2D eigenvalue weighted by molar-refractivity contribution is 0.502. The van der Waals surface area contributed by atoms with Crippen molar-refractivity contribution in [1.82, 2.24) is 9.62 Å². The minimum Gasteiger partial charge on any atom is -0.313 e. The molecular formula is C16H24N2O2S. The predicted octanol–water partition coefficient (Wildman–Crippen LogP) is 2.06. The third kappa shape index (κ3) is 4.31. The van der Waals surface area contributed by atoms with E-state index in [2.05, 4.69) is 18.2 Å². The summed E-state index contributed by atoms with van der Waals surface area (Å²) in [6.07, 6.45) is 6.25. The monoisotopic (exact) mass is 308 g/mol. The predicted molar refractivity (Wildman–Crippen MR) is 86.6 cm³/mol. The third-order valence-corrected chi connectivity index (χ3v) is 5.32. The Balaban J connectivity index is 3.18. The number of nitrogens with zero attached hydrogens (tertiary/aromatic N) is 1. The van der Waals surface area contributed by atoms with E-state index in [0.29, 0.717) is 11.4 Å². The van der Waals surface area contributed by atoms with Crippen LogP contribution in [-0.2, 0) is 16.6 Å². The topological polar surface area (TPSA) is 49.4 Å². The van der Waals surface area contributed by atoms with Crippen LogP contribution in [-0.4, -0.2) is 32.9 Å². The van der Waals surface area contributed by atoms with E-state index in [0.717, 1.165) is 29.7 Å². The van der Waals surface area contributed by atoms with Gasteiger partial charge in [-0.25, -0.2) is 8.42 Å². The van der Waals surface area contributed by atoms with E-state index in [1.54, 1.807) is 6.07 Å². The summed E-state index contributed by atoms with van der Waals surface area (Å²) in [6.45, 7) is 7.55. The van der Waals surface area contributed by atoms with Crippen molar-refractivity contribution in [2.45, 2.75) is 38.6 Å². The molecule has 0 spiro atoms. The van der Waals surface area contributed by atoms with E-state index in [1.165, 1.54) is 11.4 Å². The lowest BCUT2D eigenvalue weighted by Crippen LogP contribution is -2.28. The number of rotatable bonds is 7. The Morgan fingerprint density at radius 1 is 1.29 bits per heavy atom. The van der Waals surface area contributed by atoms with Crippen LogP contribution in [0.5, 0.6) is 0 Å². The number of aryl methyl sites for hydroxylation is 2. The molecule has 1 aromatic carbocycles. The summed E-state index contributed by atoms with van der Waals surface area (Å²) in [4.78, 5) is 0.333. The van der Waals surface area contributed by atoms with Gasteiger partial charge >= 0.3 is 0 Å². The maximum absolute atomic E-state index is 12.5. The van der Waals surface area contributed by atoms with Gasteiger partial charge in [-0.2, -0.15) is 4.31 Å². The minimum absolute atomic E-state index is 0.0685. The van der Waals surface area contributed by atoms with E-state index >= 15 is 0 Å². The smallest absolute Gasteiger partial charge is 0.243 e. The summed E-state index contributed by atoms with van der Waals surface area (Å²) in [5.74, 6) is 2.37. The Morgan fingerprint density at radius 2 is 1.95 bits per heavy atom. The fourth-order valence-corrected chi connectivity index (χ4v) is 3.46. The molecule has 0 aromatic heterocycles. The Labute approximate surface area is 128 Å². The van der Waals surface area contributed by atoms with Gasteiger partial charge in [0.2, 0.25) is 10.0 Å². The van der Waals surface area contributed by atoms with Gasteiger partial charge in [-0.05, 0) is 49.6 Å². The summed E-state index contributed by atoms with van der Waals surface area (Å²) < 4.78 is 26.3. The van der Waals surface area contributed by atoms with Gasteiger partial charge in [0, 0.05) is 13.6 Å². The van der Waals surface area contributed by atoms with E-state index in [1.807, 2.05) is 19.9 Å². The highest BCUT2D eigenvalue weighted by Crippen LogP contribution is 2.23. The van der Waals surface area contributed by atoms with Gasteiger partial charge in [0.1, 0.15) is 0 Å². The minimum atomic E-state index is -3.54. The molecule has 1 rings (SSSR count). The largest absolute Gasteiger partial charge is 0.313 e. The Kier molecular flexibility index (Phi) is 6.41. The van der Waals surface area contributed by atoms with Gasteiger partial charge in [-0.15, -0.1) is 6.42 Å². The van der Waals surface area contributed by atoms with Crippen LogP contribution in [0.15, 0.2) is 17.0 Å². The average Bonchev–Trinajstić information content (AvgIpc) is 2.41. The molecule has 0 saturated heterocycles. The number of hydrogen-bond donors (Lipinski definition) is 1. The summed E-state index contributed by atoms with van der Waals surface area (Å²) in [7, 11) is -2.04. The highest BCUT2D eigenvalue weighted by molar-refractivity contribution is 7.89. The molecule has 1 N–H and O–H groups in total. The fourth-order valence-electron chi connectivity index (χ4n) is 2.12. The van der Waals surface area contributed by atoms with Crippen LogP contribution >= 0.6 is 0 Å². The van der Waals surface area contributed by atoms with Gasteiger partial charge in [0.15, 0.2) is 0 Å². The van der Waals surface area contributed by atoms with Crippen LogP contribution in [0.1, 0.15) is 30.0 Å². The molecule has 0 radical (unpaired) electrons. The highest BCUT2D eigenvalue weighted by Gasteiger charge is 2.23. The van der Waals surface area contributed by atoms with E-state index in [9.17, 15) is 8.42 Å². The summed E-state index contributed by atoms with van der Waals surface area (Å²) in [5, 5.41) is 3.30. The Hall–Kier alpha value is -1.35. The first-order chi connectivity index (χ1) is 9.84. The van der Waals surface area contributed by atoms with Crippen molar-refractivity contribution in [3.63, 3.8) is 0 Å². The molecule has 0 amide bonds. The number of benzene rings is 1. The number of sulfonamides is 1. The maximum atomic E-state index is 12.5. The number of nitrogens with one attached hydrogen (secondary N) is 1. The number of terminal acetylenes is 1. The van der Waals surface area contributed by atoms with Crippen LogP contribution in [0.2, 0.25) is 0 Å². The van der Waals surface area contributed by atoms with E-state index < -0.39 is 10.0 Å². The maximum Gasteiger partial charge on any atom is 0.243 e. The molecule has 0 aliphatic carbocycles. The second-order valence-corrected chi connectivity index (χ2v) is 7.20. The molecule has 1 aromatic rings. The van der Waals surface area contributed by atoms with Crippen molar-refractivity contribution in [1.29, 1.82) is 0 Å². The van der Waals surface area contributed by atoms with Crippen LogP contribution in [0.25, 0.3) is 0 Å². The third-order valence-electron chi connectivity index (χ3n) is 3.38. The molecule has 0 bridgehead atoms. The van der Waals surface area contributed by atoms with Gasteiger partial charge in [0.25, 0.3) is 0 Å². The normalized spacial score (nSPS) is 11.6. The van der Waals surface area contributed by atoms with Crippen LogP contribution in [0.3, 0.4) is 0 Å². The van der Waals surface area contributed by atoms with Crippen LogP contribution in [0.4, 0.5) is 0 Å². The SMILES string of the molecule is C#CCN(C)S(=O)(=O)c1cc(CNCCC)c(C)cc1C. The summed E-state index contributed by atoms with van der Waals surface area (Å²) in [5.41, 5.74) is 2.84. The lowest BCUT2D eigenvalue weighted by atomic mass is 10.1. The van der Waals surface area contributed by atoms with Crippen molar-refractivity contribution >= 4 is 10.0 Å². The summed E-state index contributed by atoms with van der Waals surface area (Å²) >= 11 is 0.